The van der Waals surface area contributed by atoms with Crippen LogP contribution in [-0.4, -0.2) is 27.9 Å². The summed E-state index contributed by atoms with van der Waals surface area (Å²) in [4.78, 5) is 0. The normalized spacial score (nSPS) is 12.9. The fraction of sp³-hybridized carbons (Fsp3) is 0.688. The molecule has 0 fully saturated rings. The van der Waals surface area contributed by atoms with Gasteiger partial charge in [0, 0.05) is 18.1 Å². The van der Waals surface area contributed by atoms with Gasteiger partial charge in [-0.15, -0.1) is 0 Å². The third-order valence-electron chi connectivity index (χ3n) is 3.56. The minimum Gasteiger partial charge on any atom is -0.421 e. The second kappa shape index (κ2) is 11.8. The van der Waals surface area contributed by atoms with E-state index in [1.165, 1.54) is 50.6 Å². The summed E-state index contributed by atoms with van der Waals surface area (Å²) < 4.78 is 111. The number of halogens is 6. The Balaban J connectivity index is 0.000000561. The van der Waals surface area contributed by atoms with Crippen molar-refractivity contribution in [2.45, 2.75) is 69.9 Å². The summed E-state index contributed by atoms with van der Waals surface area (Å²) in [7, 11) is -13.4. The van der Waals surface area contributed by atoms with Crippen molar-refractivity contribution in [3.63, 3.8) is 0 Å². The van der Waals surface area contributed by atoms with Crippen molar-refractivity contribution in [1.29, 1.82) is 0 Å². The van der Waals surface area contributed by atoms with E-state index in [2.05, 4.69) is 42.9 Å². The number of unbranched alkanes of at least 4 members (excludes halogenated alkanes) is 5. The quantitative estimate of drug-likeness (QED) is 0.288. The van der Waals surface area contributed by atoms with Gasteiger partial charge in [0.05, 0.1) is 0 Å². The number of alkyl halides is 6. The SMILES string of the molecule is CCCCCCCC[n+]1cccc(C)c1.O=S(=O)([N-]S(=O)(=O)C(F)(F)F)C(F)(F)F. The van der Waals surface area contributed by atoms with Crippen molar-refractivity contribution >= 4 is 20.0 Å². The molecule has 0 aliphatic carbocycles. The van der Waals surface area contributed by atoms with E-state index in [1.54, 1.807) is 0 Å². The van der Waals surface area contributed by atoms with Crippen LogP contribution >= 0.6 is 0 Å². The second-order valence-corrected chi connectivity index (χ2v) is 9.73. The Kier molecular flexibility index (Phi) is 11.3. The second-order valence-electron chi connectivity index (χ2n) is 6.30. The topological polar surface area (TPSA) is 86.3 Å². The fourth-order valence-electron chi connectivity index (χ4n) is 2.08. The van der Waals surface area contributed by atoms with E-state index in [9.17, 15) is 43.2 Å². The molecule has 0 spiro atoms. The lowest BCUT2D eigenvalue weighted by atomic mass is 10.1. The van der Waals surface area contributed by atoms with Gasteiger partial charge in [-0.1, -0.05) is 32.6 Å². The molecule has 0 N–H and O–H groups in total. The van der Waals surface area contributed by atoms with Gasteiger partial charge in [0.15, 0.2) is 32.4 Å². The van der Waals surface area contributed by atoms with Gasteiger partial charge < -0.3 is 4.13 Å². The van der Waals surface area contributed by atoms with Gasteiger partial charge in [0.1, 0.15) is 6.54 Å². The fourth-order valence-corrected chi connectivity index (χ4v) is 3.79. The lowest BCUT2D eigenvalue weighted by Gasteiger charge is -2.22. The van der Waals surface area contributed by atoms with E-state index in [0.29, 0.717) is 0 Å². The van der Waals surface area contributed by atoms with E-state index >= 15 is 0 Å². The zero-order valence-electron chi connectivity index (χ0n) is 16.4. The first-order valence-corrected chi connectivity index (χ1v) is 11.7. The van der Waals surface area contributed by atoms with E-state index in [0.717, 1.165) is 4.13 Å². The highest BCUT2D eigenvalue weighted by atomic mass is 32.3. The van der Waals surface area contributed by atoms with Crippen LogP contribution in [0.3, 0.4) is 0 Å². The van der Waals surface area contributed by atoms with Crippen molar-refractivity contribution in [2.75, 3.05) is 0 Å². The molecule has 0 radical (unpaired) electrons. The predicted octanol–water partition coefficient (Wildman–Crippen LogP) is 4.70. The van der Waals surface area contributed by atoms with Crippen LogP contribution in [0.4, 0.5) is 26.3 Å². The van der Waals surface area contributed by atoms with Gasteiger partial charge in [-0.2, -0.15) is 26.3 Å². The van der Waals surface area contributed by atoms with Gasteiger partial charge in [-0.05, 0) is 19.4 Å². The van der Waals surface area contributed by atoms with Crippen molar-refractivity contribution in [1.82, 2.24) is 0 Å². The third-order valence-corrected chi connectivity index (χ3v) is 6.30. The molecule has 1 rings (SSSR count). The Hall–Kier alpha value is -1.41. The first kappa shape index (κ1) is 28.6. The predicted molar refractivity (Wildman–Crippen MR) is 98.1 cm³/mol. The van der Waals surface area contributed by atoms with Gasteiger partial charge in [-0.25, -0.2) is 21.4 Å². The molecule has 0 aliphatic rings. The molecule has 0 atom stereocenters. The molecule has 1 aromatic rings. The molecular weight excluding hydrogens is 462 g/mol. The molecule has 0 aliphatic heterocycles. The minimum absolute atomic E-state index is 0.778. The van der Waals surface area contributed by atoms with E-state index in [1.807, 2.05) is 0 Å². The van der Waals surface area contributed by atoms with Crippen LogP contribution in [0.25, 0.3) is 4.13 Å². The number of rotatable bonds is 9. The first-order chi connectivity index (χ1) is 13.5. The molecule has 1 heterocycles. The average Bonchev–Trinajstić information content (AvgIpc) is 2.56. The van der Waals surface area contributed by atoms with Crippen molar-refractivity contribution in [2.24, 2.45) is 0 Å². The molecule has 30 heavy (non-hydrogen) atoms. The van der Waals surface area contributed by atoms with Crippen LogP contribution in [0, 0.1) is 6.92 Å². The first-order valence-electron chi connectivity index (χ1n) is 8.86. The number of aryl methyl sites for hydroxylation is 2. The van der Waals surface area contributed by atoms with Crippen LogP contribution in [0.5, 0.6) is 0 Å². The van der Waals surface area contributed by atoms with Crippen LogP contribution in [0.1, 0.15) is 51.0 Å². The van der Waals surface area contributed by atoms with E-state index in [-0.39, 0.29) is 0 Å². The summed E-state index contributed by atoms with van der Waals surface area (Å²) in [6, 6.07) is 4.28. The number of hydrogen-bond donors (Lipinski definition) is 0. The van der Waals surface area contributed by atoms with Crippen molar-refractivity contribution < 1.29 is 47.7 Å². The highest BCUT2D eigenvalue weighted by Gasteiger charge is 2.46. The van der Waals surface area contributed by atoms with Gasteiger partial charge in [-0.3, -0.25) is 0 Å². The zero-order chi connectivity index (χ0) is 23.6. The van der Waals surface area contributed by atoms with Crippen LogP contribution < -0.4 is 4.57 Å². The van der Waals surface area contributed by atoms with Gasteiger partial charge in [0.25, 0.3) is 0 Å². The number of nitrogens with zero attached hydrogens (tertiary/aromatic N) is 2. The average molecular weight is 487 g/mol. The van der Waals surface area contributed by atoms with Crippen LogP contribution in [0.2, 0.25) is 0 Å². The summed E-state index contributed by atoms with van der Waals surface area (Å²) >= 11 is 0. The van der Waals surface area contributed by atoms with Gasteiger partial charge in [0.2, 0.25) is 0 Å². The zero-order valence-corrected chi connectivity index (χ0v) is 18.0. The van der Waals surface area contributed by atoms with Crippen molar-refractivity contribution in [3.05, 3.63) is 34.2 Å². The molecule has 0 saturated carbocycles. The van der Waals surface area contributed by atoms with E-state index < -0.39 is 31.1 Å². The summed E-state index contributed by atoms with van der Waals surface area (Å²) in [6.07, 6.45) is 12.6. The summed E-state index contributed by atoms with van der Waals surface area (Å²) in [5.41, 5.74) is -11.1. The Morgan fingerprint density at radius 2 is 1.33 bits per heavy atom. The lowest BCUT2D eigenvalue weighted by molar-refractivity contribution is -0.697. The molecular formula is C16H24F6N2O4S2. The van der Waals surface area contributed by atoms with Crippen LogP contribution in [-0.2, 0) is 26.6 Å². The highest BCUT2D eigenvalue weighted by Crippen LogP contribution is 2.36. The summed E-state index contributed by atoms with van der Waals surface area (Å²) in [6.45, 7) is 5.59. The highest BCUT2D eigenvalue weighted by molar-refractivity contribution is 8.13. The Morgan fingerprint density at radius 3 is 1.77 bits per heavy atom. The maximum atomic E-state index is 11.4. The van der Waals surface area contributed by atoms with Gasteiger partial charge >= 0.3 is 11.0 Å². The maximum absolute atomic E-state index is 11.4. The molecule has 0 unspecified atom stereocenters. The number of hydrogen-bond acceptors (Lipinski definition) is 4. The molecule has 0 amide bonds. The number of sulfonamides is 2. The largest absolute Gasteiger partial charge is 0.480 e. The molecule has 0 bridgehead atoms. The maximum Gasteiger partial charge on any atom is 0.480 e. The van der Waals surface area contributed by atoms with Crippen molar-refractivity contribution in [3.8, 4) is 0 Å². The number of pyridine rings is 1. The minimum atomic E-state index is -6.72. The Labute approximate surface area is 172 Å². The molecule has 176 valence electrons. The Morgan fingerprint density at radius 1 is 0.867 bits per heavy atom. The molecule has 0 saturated heterocycles. The standard InChI is InChI=1S/C14H24N.C2F6NO4S2/c1-3-4-5-6-7-8-11-15-12-9-10-14(2)13-15;3-1(4,5)14(10,11)9-15(12,13)2(6,7)8/h9-10,12-13H,3-8,11H2,1-2H3;/q+1;-1. The molecule has 1 aromatic heterocycles. The molecule has 6 nitrogen and oxygen atoms in total. The van der Waals surface area contributed by atoms with Crippen LogP contribution in [0.15, 0.2) is 24.5 Å². The third kappa shape index (κ3) is 10.6. The smallest absolute Gasteiger partial charge is 0.421 e. The summed E-state index contributed by atoms with van der Waals surface area (Å²) in [5.74, 6) is 0. The monoisotopic (exact) mass is 486 g/mol. The Bertz CT molecular complexity index is 811. The lowest BCUT2D eigenvalue weighted by Crippen LogP contribution is -2.32. The molecule has 14 heteroatoms. The molecule has 0 aromatic carbocycles. The summed E-state index contributed by atoms with van der Waals surface area (Å²) in [5, 5.41) is 0. The number of aromatic nitrogens is 1. The van der Waals surface area contributed by atoms with E-state index in [4.69, 9.17) is 0 Å².